The van der Waals surface area contributed by atoms with Gasteiger partial charge in [-0.2, -0.15) is 0 Å². The maximum Gasteiger partial charge on any atom is 0.337 e. The first-order valence-corrected chi connectivity index (χ1v) is 9.79. The molecule has 0 unspecified atom stereocenters. The van der Waals surface area contributed by atoms with Crippen molar-refractivity contribution in [3.63, 3.8) is 0 Å². The molecule has 0 radical (unpaired) electrons. The maximum absolute atomic E-state index is 12.6. The number of likely N-dealkylation sites (tertiary alicyclic amines) is 1. The Morgan fingerprint density at radius 3 is 2.41 bits per heavy atom. The second-order valence-electron chi connectivity index (χ2n) is 7.38. The average molecular weight is 394 g/mol. The van der Waals surface area contributed by atoms with Gasteiger partial charge in [0.1, 0.15) is 0 Å². The van der Waals surface area contributed by atoms with Crippen LogP contribution in [0.25, 0.3) is 0 Å². The number of nitrogens with one attached hydrogen (secondary N) is 1. The number of carbonyl (C=O) groups is 3. The van der Waals surface area contributed by atoms with Gasteiger partial charge in [0.05, 0.1) is 19.1 Å². The van der Waals surface area contributed by atoms with Crippen LogP contribution >= 0.6 is 0 Å². The highest BCUT2D eigenvalue weighted by molar-refractivity contribution is 5.95. The number of esters is 1. The van der Waals surface area contributed by atoms with Crippen molar-refractivity contribution in [3.05, 3.63) is 65.2 Å². The van der Waals surface area contributed by atoms with Crippen LogP contribution in [0.3, 0.4) is 0 Å². The van der Waals surface area contributed by atoms with Gasteiger partial charge in [-0.05, 0) is 43.5 Å². The molecule has 1 fully saturated rings. The van der Waals surface area contributed by atoms with Gasteiger partial charge >= 0.3 is 5.97 Å². The molecule has 0 atom stereocenters. The fraction of sp³-hybridized carbons (Fsp3) is 0.348. The first-order chi connectivity index (χ1) is 14.0. The molecule has 1 saturated heterocycles. The summed E-state index contributed by atoms with van der Waals surface area (Å²) < 4.78 is 4.71. The van der Waals surface area contributed by atoms with Gasteiger partial charge in [-0.1, -0.05) is 35.9 Å². The van der Waals surface area contributed by atoms with E-state index in [1.54, 1.807) is 24.3 Å². The molecule has 0 bridgehead atoms. The summed E-state index contributed by atoms with van der Waals surface area (Å²) in [5.41, 5.74) is 3.13. The standard InChI is InChI=1S/C23H26N2O4/c1-16-6-8-17(9-7-16)14-21(26)25-12-10-18(11-13-25)22(27)24-20-5-3-4-19(15-20)23(28)29-2/h3-9,15,18H,10-14H2,1-2H3,(H,24,27). The Morgan fingerprint density at radius 2 is 1.76 bits per heavy atom. The minimum Gasteiger partial charge on any atom is -0.465 e. The van der Waals surface area contributed by atoms with E-state index in [1.165, 1.54) is 12.7 Å². The molecule has 1 aliphatic heterocycles. The summed E-state index contributed by atoms with van der Waals surface area (Å²) in [6, 6.07) is 14.7. The lowest BCUT2D eigenvalue weighted by molar-refractivity contribution is -0.133. The summed E-state index contributed by atoms with van der Waals surface area (Å²) in [6.07, 6.45) is 1.64. The molecular weight excluding hydrogens is 368 g/mol. The van der Waals surface area contributed by atoms with E-state index in [-0.39, 0.29) is 17.7 Å². The number of amides is 2. The van der Waals surface area contributed by atoms with Crippen LogP contribution in [0, 0.1) is 12.8 Å². The van der Waals surface area contributed by atoms with Crippen LogP contribution in [0.2, 0.25) is 0 Å². The van der Waals surface area contributed by atoms with Crippen LogP contribution < -0.4 is 5.32 Å². The van der Waals surface area contributed by atoms with E-state index in [2.05, 4.69) is 5.32 Å². The number of carbonyl (C=O) groups excluding carboxylic acids is 3. The Morgan fingerprint density at radius 1 is 1.07 bits per heavy atom. The van der Waals surface area contributed by atoms with E-state index in [9.17, 15) is 14.4 Å². The fourth-order valence-corrected chi connectivity index (χ4v) is 3.47. The Bertz CT molecular complexity index is 884. The Labute approximate surface area is 170 Å². The van der Waals surface area contributed by atoms with Crippen molar-refractivity contribution >= 4 is 23.5 Å². The number of benzene rings is 2. The van der Waals surface area contributed by atoms with Gasteiger partial charge in [0.2, 0.25) is 11.8 Å². The van der Waals surface area contributed by atoms with Crippen molar-refractivity contribution in [2.75, 3.05) is 25.5 Å². The molecule has 2 aromatic carbocycles. The molecule has 2 amide bonds. The number of piperidine rings is 1. The number of hydrogen-bond acceptors (Lipinski definition) is 4. The van der Waals surface area contributed by atoms with Crippen LogP contribution in [0.4, 0.5) is 5.69 Å². The van der Waals surface area contributed by atoms with Gasteiger partial charge in [0.25, 0.3) is 0 Å². The van der Waals surface area contributed by atoms with E-state index in [1.807, 2.05) is 36.1 Å². The van der Waals surface area contributed by atoms with Crippen molar-refractivity contribution in [3.8, 4) is 0 Å². The molecule has 0 spiro atoms. The number of rotatable bonds is 5. The number of aryl methyl sites for hydroxylation is 1. The van der Waals surface area contributed by atoms with Gasteiger partial charge < -0.3 is 15.0 Å². The summed E-state index contributed by atoms with van der Waals surface area (Å²) in [4.78, 5) is 38.6. The third-order valence-corrected chi connectivity index (χ3v) is 5.25. The van der Waals surface area contributed by atoms with E-state index >= 15 is 0 Å². The lowest BCUT2D eigenvalue weighted by Crippen LogP contribution is -2.42. The van der Waals surface area contributed by atoms with Crippen molar-refractivity contribution < 1.29 is 19.1 Å². The highest BCUT2D eigenvalue weighted by Gasteiger charge is 2.27. The fourth-order valence-electron chi connectivity index (χ4n) is 3.47. The zero-order valence-corrected chi connectivity index (χ0v) is 16.8. The Hall–Kier alpha value is -3.15. The molecule has 0 aromatic heterocycles. The predicted molar refractivity (Wildman–Crippen MR) is 111 cm³/mol. The van der Waals surface area contributed by atoms with E-state index < -0.39 is 5.97 Å². The largest absolute Gasteiger partial charge is 0.465 e. The zero-order chi connectivity index (χ0) is 20.8. The van der Waals surface area contributed by atoms with Gasteiger partial charge in [0, 0.05) is 24.7 Å². The molecule has 0 aliphatic carbocycles. The normalized spacial score (nSPS) is 14.3. The summed E-state index contributed by atoms with van der Waals surface area (Å²) >= 11 is 0. The van der Waals surface area contributed by atoms with Gasteiger partial charge in [0.15, 0.2) is 0 Å². The first-order valence-electron chi connectivity index (χ1n) is 9.79. The third-order valence-electron chi connectivity index (χ3n) is 5.25. The summed E-state index contributed by atoms with van der Waals surface area (Å²) in [7, 11) is 1.32. The molecule has 6 nitrogen and oxygen atoms in total. The highest BCUT2D eigenvalue weighted by Crippen LogP contribution is 2.21. The first kappa shape index (κ1) is 20.6. The summed E-state index contributed by atoms with van der Waals surface area (Å²) in [5, 5.41) is 2.87. The number of nitrogens with zero attached hydrogens (tertiary/aromatic N) is 1. The molecule has 0 saturated carbocycles. The molecule has 1 N–H and O–H groups in total. The molecule has 2 aromatic rings. The van der Waals surface area contributed by atoms with Crippen molar-refractivity contribution in [1.82, 2.24) is 4.90 Å². The minimum absolute atomic E-state index is 0.0855. The van der Waals surface area contributed by atoms with Gasteiger partial charge in [-0.15, -0.1) is 0 Å². The number of anilines is 1. The van der Waals surface area contributed by atoms with Crippen molar-refractivity contribution in [2.45, 2.75) is 26.2 Å². The molecular formula is C23H26N2O4. The molecule has 6 heteroatoms. The van der Waals surface area contributed by atoms with Crippen LogP contribution in [0.5, 0.6) is 0 Å². The van der Waals surface area contributed by atoms with Gasteiger partial charge in [-0.3, -0.25) is 9.59 Å². The van der Waals surface area contributed by atoms with Crippen LogP contribution in [0.15, 0.2) is 48.5 Å². The number of methoxy groups -OCH3 is 1. The second-order valence-corrected chi connectivity index (χ2v) is 7.38. The highest BCUT2D eigenvalue weighted by atomic mass is 16.5. The van der Waals surface area contributed by atoms with Crippen LogP contribution in [-0.2, 0) is 20.7 Å². The molecule has 152 valence electrons. The summed E-state index contributed by atoms with van der Waals surface area (Å²) in [6.45, 7) is 3.17. The quantitative estimate of drug-likeness (QED) is 0.790. The van der Waals surface area contributed by atoms with E-state index in [0.717, 1.165) is 5.56 Å². The Kier molecular flexibility index (Phi) is 6.65. The van der Waals surface area contributed by atoms with Crippen LogP contribution in [0.1, 0.15) is 34.3 Å². The van der Waals surface area contributed by atoms with E-state index in [4.69, 9.17) is 4.74 Å². The third kappa shape index (κ3) is 5.44. The minimum atomic E-state index is -0.443. The monoisotopic (exact) mass is 394 g/mol. The molecule has 1 heterocycles. The zero-order valence-electron chi connectivity index (χ0n) is 16.8. The lowest BCUT2D eigenvalue weighted by Gasteiger charge is -2.31. The molecule has 1 aliphatic rings. The molecule has 3 rings (SSSR count). The number of hydrogen-bond donors (Lipinski definition) is 1. The van der Waals surface area contributed by atoms with Crippen molar-refractivity contribution in [1.29, 1.82) is 0 Å². The second kappa shape index (κ2) is 9.37. The SMILES string of the molecule is COC(=O)c1cccc(NC(=O)C2CCN(C(=O)Cc3ccc(C)cc3)CC2)c1. The lowest BCUT2D eigenvalue weighted by atomic mass is 9.95. The van der Waals surface area contributed by atoms with Crippen LogP contribution in [-0.4, -0.2) is 42.9 Å². The average Bonchev–Trinajstić information content (AvgIpc) is 2.75. The maximum atomic E-state index is 12.6. The topological polar surface area (TPSA) is 75.7 Å². The smallest absolute Gasteiger partial charge is 0.337 e. The summed E-state index contributed by atoms with van der Waals surface area (Å²) in [5.74, 6) is -0.585. The van der Waals surface area contributed by atoms with Gasteiger partial charge in [-0.25, -0.2) is 4.79 Å². The Balaban J connectivity index is 1.51. The molecule has 29 heavy (non-hydrogen) atoms. The number of ether oxygens (including phenoxy) is 1. The predicted octanol–water partition coefficient (Wildman–Crippen LogP) is 3.20. The van der Waals surface area contributed by atoms with E-state index in [0.29, 0.717) is 43.6 Å². The van der Waals surface area contributed by atoms with Crippen molar-refractivity contribution in [2.24, 2.45) is 5.92 Å².